The molecule has 22 heavy (non-hydrogen) atoms. The number of carbonyl (C=O) groups is 1. The van der Waals surface area contributed by atoms with Gasteiger partial charge >= 0.3 is 0 Å². The summed E-state index contributed by atoms with van der Waals surface area (Å²) in [7, 11) is 0. The van der Waals surface area contributed by atoms with Gasteiger partial charge < -0.3 is 5.32 Å². The third-order valence-electron chi connectivity index (χ3n) is 4.28. The van der Waals surface area contributed by atoms with Crippen molar-refractivity contribution in [1.82, 2.24) is 5.32 Å². The van der Waals surface area contributed by atoms with Crippen LogP contribution in [0.4, 0.5) is 0 Å². The summed E-state index contributed by atoms with van der Waals surface area (Å²) in [6.07, 6.45) is 1.79. The number of benzene rings is 2. The molecule has 0 heterocycles. The van der Waals surface area contributed by atoms with Gasteiger partial charge in [0.25, 0.3) is 0 Å². The summed E-state index contributed by atoms with van der Waals surface area (Å²) < 4.78 is 1.02. The van der Waals surface area contributed by atoms with Gasteiger partial charge in [-0.15, -0.1) is 0 Å². The Bertz CT molecular complexity index is 694. The van der Waals surface area contributed by atoms with E-state index >= 15 is 0 Å². The highest BCUT2D eigenvalue weighted by atomic mass is 79.9. The van der Waals surface area contributed by atoms with Gasteiger partial charge in [0.05, 0.1) is 11.5 Å². The van der Waals surface area contributed by atoms with Crippen molar-refractivity contribution in [3.05, 3.63) is 69.2 Å². The fourth-order valence-electron chi connectivity index (χ4n) is 2.73. The maximum atomic E-state index is 12.7. The summed E-state index contributed by atoms with van der Waals surface area (Å²) in [6, 6.07) is 15.6. The van der Waals surface area contributed by atoms with Crippen LogP contribution in [-0.4, -0.2) is 5.91 Å². The van der Waals surface area contributed by atoms with Crippen LogP contribution in [0.1, 0.15) is 36.9 Å². The Hall–Kier alpha value is -1.32. The van der Waals surface area contributed by atoms with E-state index in [2.05, 4.69) is 21.2 Å². The maximum Gasteiger partial charge on any atom is 0.231 e. The standard InChI is InChI=1S/C18H17BrClNO/c1-12(13-3-2-4-15(19)11-13)21-17(22)18(9-10-18)14-5-7-16(20)8-6-14/h2-8,11-12H,9-10H2,1H3,(H,21,22). The van der Waals surface area contributed by atoms with Crippen molar-refractivity contribution >= 4 is 33.4 Å². The van der Waals surface area contributed by atoms with Gasteiger partial charge in [0.1, 0.15) is 0 Å². The van der Waals surface area contributed by atoms with Crippen LogP contribution in [-0.2, 0) is 10.2 Å². The molecule has 2 nitrogen and oxygen atoms in total. The van der Waals surface area contributed by atoms with Crippen LogP contribution >= 0.6 is 27.5 Å². The number of rotatable bonds is 4. The van der Waals surface area contributed by atoms with E-state index in [1.807, 2.05) is 55.5 Å². The predicted octanol–water partition coefficient (Wildman–Crippen LogP) is 5.01. The summed E-state index contributed by atoms with van der Waals surface area (Å²) in [6.45, 7) is 2.01. The van der Waals surface area contributed by atoms with E-state index in [0.29, 0.717) is 5.02 Å². The zero-order valence-corrected chi connectivity index (χ0v) is 14.6. The summed E-state index contributed by atoms with van der Waals surface area (Å²) in [4.78, 5) is 12.7. The normalized spacial score (nSPS) is 16.9. The van der Waals surface area contributed by atoms with Crippen LogP contribution in [0.2, 0.25) is 5.02 Å². The minimum Gasteiger partial charge on any atom is -0.349 e. The van der Waals surface area contributed by atoms with E-state index in [-0.39, 0.29) is 17.4 Å². The van der Waals surface area contributed by atoms with Gasteiger partial charge in [-0.25, -0.2) is 0 Å². The minimum absolute atomic E-state index is 0.0187. The molecule has 1 aliphatic rings. The van der Waals surface area contributed by atoms with E-state index in [1.54, 1.807) is 0 Å². The molecule has 4 heteroatoms. The molecule has 1 aliphatic carbocycles. The average Bonchev–Trinajstić information content (AvgIpc) is 3.29. The lowest BCUT2D eigenvalue weighted by Crippen LogP contribution is -2.36. The molecule has 2 aromatic rings. The Morgan fingerprint density at radius 2 is 1.91 bits per heavy atom. The number of halogens is 2. The highest BCUT2D eigenvalue weighted by Gasteiger charge is 2.51. The Balaban J connectivity index is 1.75. The second kappa shape index (κ2) is 6.05. The number of nitrogens with one attached hydrogen (secondary N) is 1. The quantitative estimate of drug-likeness (QED) is 0.796. The largest absolute Gasteiger partial charge is 0.349 e. The van der Waals surface area contributed by atoms with Gasteiger partial charge in [0, 0.05) is 9.50 Å². The first kappa shape index (κ1) is 15.6. The highest BCUT2D eigenvalue weighted by molar-refractivity contribution is 9.10. The number of carbonyl (C=O) groups excluding carboxylic acids is 1. The molecule has 0 spiro atoms. The first-order valence-electron chi connectivity index (χ1n) is 7.34. The van der Waals surface area contributed by atoms with Crippen molar-refractivity contribution in [3.63, 3.8) is 0 Å². The summed E-state index contributed by atoms with van der Waals surface area (Å²) in [5, 5.41) is 3.84. The lowest BCUT2D eigenvalue weighted by atomic mass is 9.94. The molecule has 2 aromatic carbocycles. The fraction of sp³-hybridized carbons (Fsp3) is 0.278. The van der Waals surface area contributed by atoms with E-state index in [9.17, 15) is 4.79 Å². The van der Waals surface area contributed by atoms with Gasteiger partial charge in [0.2, 0.25) is 5.91 Å². The Morgan fingerprint density at radius 1 is 1.23 bits per heavy atom. The van der Waals surface area contributed by atoms with Crippen LogP contribution in [0.25, 0.3) is 0 Å². The lowest BCUT2D eigenvalue weighted by Gasteiger charge is -2.20. The molecule has 1 amide bonds. The molecule has 0 saturated heterocycles. The predicted molar refractivity (Wildman–Crippen MR) is 93.1 cm³/mol. The maximum absolute atomic E-state index is 12.7. The van der Waals surface area contributed by atoms with Crippen LogP contribution in [0, 0.1) is 0 Å². The zero-order valence-electron chi connectivity index (χ0n) is 12.3. The number of amides is 1. The molecule has 114 valence electrons. The Morgan fingerprint density at radius 3 is 2.50 bits per heavy atom. The first-order chi connectivity index (χ1) is 10.5. The van der Waals surface area contributed by atoms with E-state index < -0.39 is 0 Å². The fourth-order valence-corrected chi connectivity index (χ4v) is 3.28. The van der Waals surface area contributed by atoms with Gasteiger partial charge in [-0.1, -0.05) is 51.8 Å². The number of hydrogen-bond acceptors (Lipinski definition) is 1. The zero-order chi connectivity index (χ0) is 15.7. The average molecular weight is 379 g/mol. The molecule has 1 N–H and O–H groups in total. The second-order valence-corrected chi connectivity index (χ2v) is 7.19. The lowest BCUT2D eigenvalue weighted by molar-refractivity contribution is -0.124. The minimum atomic E-state index is -0.370. The van der Waals surface area contributed by atoms with Crippen molar-refractivity contribution in [1.29, 1.82) is 0 Å². The van der Waals surface area contributed by atoms with Gasteiger partial charge in [-0.3, -0.25) is 4.79 Å². The van der Waals surface area contributed by atoms with Crippen LogP contribution in [0.3, 0.4) is 0 Å². The van der Waals surface area contributed by atoms with Crippen molar-refractivity contribution < 1.29 is 4.79 Å². The van der Waals surface area contributed by atoms with Gasteiger partial charge in [-0.05, 0) is 55.2 Å². The molecular formula is C18H17BrClNO. The van der Waals surface area contributed by atoms with Crippen molar-refractivity contribution in [3.8, 4) is 0 Å². The third-order valence-corrected chi connectivity index (χ3v) is 5.02. The molecule has 3 rings (SSSR count). The molecule has 1 fully saturated rings. The van der Waals surface area contributed by atoms with E-state index in [1.165, 1.54) is 0 Å². The molecule has 0 radical (unpaired) electrons. The topological polar surface area (TPSA) is 29.1 Å². The van der Waals surface area contributed by atoms with Crippen molar-refractivity contribution in [2.75, 3.05) is 0 Å². The monoisotopic (exact) mass is 377 g/mol. The highest BCUT2D eigenvalue weighted by Crippen LogP contribution is 2.48. The molecule has 0 aromatic heterocycles. The second-order valence-electron chi connectivity index (χ2n) is 5.84. The third kappa shape index (κ3) is 3.06. The van der Waals surface area contributed by atoms with Crippen molar-refractivity contribution in [2.45, 2.75) is 31.2 Å². The summed E-state index contributed by atoms with van der Waals surface area (Å²) in [5.74, 6) is 0.0993. The van der Waals surface area contributed by atoms with Gasteiger partial charge in [0.15, 0.2) is 0 Å². The van der Waals surface area contributed by atoms with Crippen LogP contribution in [0.15, 0.2) is 53.0 Å². The molecular weight excluding hydrogens is 362 g/mol. The van der Waals surface area contributed by atoms with Gasteiger partial charge in [-0.2, -0.15) is 0 Å². The summed E-state index contributed by atoms with van der Waals surface area (Å²) >= 11 is 9.40. The first-order valence-corrected chi connectivity index (χ1v) is 8.51. The molecule has 1 saturated carbocycles. The molecule has 0 aliphatic heterocycles. The molecule has 1 unspecified atom stereocenters. The van der Waals surface area contributed by atoms with E-state index in [0.717, 1.165) is 28.4 Å². The van der Waals surface area contributed by atoms with Crippen LogP contribution in [0.5, 0.6) is 0 Å². The smallest absolute Gasteiger partial charge is 0.231 e. The number of hydrogen-bond donors (Lipinski definition) is 1. The molecule has 1 atom stereocenters. The molecule has 0 bridgehead atoms. The summed E-state index contributed by atoms with van der Waals surface area (Å²) in [5.41, 5.74) is 1.77. The van der Waals surface area contributed by atoms with E-state index in [4.69, 9.17) is 11.6 Å². The SMILES string of the molecule is CC(NC(=O)C1(c2ccc(Cl)cc2)CC1)c1cccc(Br)c1. The Kier molecular flexibility index (Phi) is 4.28. The van der Waals surface area contributed by atoms with Crippen molar-refractivity contribution in [2.24, 2.45) is 0 Å². The van der Waals surface area contributed by atoms with Crippen LogP contribution < -0.4 is 5.32 Å². The Labute approximate surface area is 144 Å².